The lowest BCUT2D eigenvalue weighted by Gasteiger charge is -2.22. The molecule has 140 valence electrons. The van der Waals surface area contributed by atoms with Crippen LogP contribution in [0.4, 0.5) is 10.5 Å². The Hall–Kier alpha value is -2.57. The zero-order valence-electron chi connectivity index (χ0n) is 15.4. The minimum Gasteiger partial charge on any atom is -0.450 e. The third-order valence-corrected chi connectivity index (χ3v) is 4.95. The summed E-state index contributed by atoms with van der Waals surface area (Å²) in [6.45, 7) is 4.40. The predicted octanol–water partition coefficient (Wildman–Crippen LogP) is 1.44. The molecule has 7 nitrogen and oxygen atoms in total. The number of anilines is 1. The summed E-state index contributed by atoms with van der Waals surface area (Å²) in [6, 6.07) is 5.78. The molecule has 3 rings (SSSR count). The standard InChI is InChI=1S/C19H25N3O4/c1-3-26-19(25)22-8-4-7-21(9-10-22)18(24)12-14-5-6-16-15(11-14)13-17(23)20(16)2/h5-6,11H,3-4,7-10,12-13H2,1-2H3. The van der Waals surface area contributed by atoms with Crippen molar-refractivity contribution in [3.63, 3.8) is 0 Å². The lowest BCUT2D eigenvalue weighted by Crippen LogP contribution is -2.38. The van der Waals surface area contributed by atoms with Gasteiger partial charge < -0.3 is 19.4 Å². The molecule has 0 bridgehead atoms. The van der Waals surface area contributed by atoms with Crippen LogP contribution in [0.1, 0.15) is 24.5 Å². The summed E-state index contributed by atoms with van der Waals surface area (Å²) in [5.74, 6) is 0.128. The van der Waals surface area contributed by atoms with Crippen molar-refractivity contribution in [1.29, 1.82) is 0 Å². The van der Waals surface area contributed by atoms with E-state index in [1.54, 1.807) is 23.8 Å². The molecule has 7 heteroatoms. The molecular formula is C19H25N3O4. The summed E-state index contributed by atoms with van der Waals surface area (Å²) in [4.78, 5) is 41.4. The average molecular weight is 359 g/mol. The van der Waals surface area contributed by atoms with Gasteiger partial charge in [0.15, 0.2) is 0 Å². The second-order valence-electron chi connectivity index (χ2n) is 6.69. The highest BCUT2D eigenvalue weighted by Gasteiger charge is 2.25. The highest BCUT2D eigenvalue weighted by Crippen LogP contribution is 2.28. The van der Waals surface area contributed by atoms with Gasteiger partial charge in [0.05, 0.1) is 19.4 Å². The monoisotopic (exact) mass is 359 g/mol. The molecule has 0 aliphatic carbocycles. The van der Waals surface area contributed by atoms with Gasteiger partial charge in [-0.2, -0.15) is 0 Å². The Kier molecular flexibility index (Phi) is 5.44. The number of carbonyl (C=O) groups excluding carboxylic acids is 3. The van der Waals surface area contributed by atoms with Gasteiger partial charge in [-0.05, 0) is 30.5 Å². The number of fused-ring (bicyclic) bond motifs is 1. The van der Waals surface area contributed by atoms with Crippen LogP contribution in [0.15, 0.2) is 18.2 Å². The van der Waals surface area contributed by atoms with E-state index in [1.165, 1.54) is 0 Å². The smallest absolute Gasteiger partial charge is 0.409 e. The van der Waals surface area contributed by atoms with Crippen LogP contribution < -0.4 is 4.90 Å². The van der Waals surface area contributed by atoms with E-state index in [4.69, 9.17) is 4.74 Å². The van der Waals surface area contributed by atoms with Gasteiger partial charge >= 0.3 is 6.09 Å². The van der Waals surface area contributed by atoms with Crippen LogP contribution >= 0.6 is 0 Å². The number of hydrogen-bond acceptors (Lipinski definition) is 4. The van der Waals surface area contributed by atoms with Gasteiger partial charge in [-0.3, -0.25) is 9.59 Å². The molecule has 0 unspecified atom stereocenters. The number of likely N-dealkylation sites (N-methyl/N-ethyl adjacent to an activating group) is 1. The Morgan fingerprint density at radius 1 is 1.12 bits per heavy atom. The van der Waals surface area contributed by atoms with Crippen molar-refractivity contribution in [2.45, 2.75) is 26.2 Å². The maximum absolute atomic E-state index is 12.7. The fraction of sp³-hybridized carbons (Fsp3) is 0.526. The first-order valence-corrected chi connectivity index (χ1v) is 9.07. The highest BCUT2D eigenvalue weighted by molar-refractivity contribution is 6.01. The van der Waals surface area contributed by atoms with E-state index in [0.29, 0.717) is 45.6 Å². The maximum atomic E-state index is 12.7. The third-order valence-electron chi connectivity index (χ3n) is 4.95. The third kappa shape index (κ3) is 3.81. The summed E-state index contributed by atoms with van der Waals surface area (Å²) in [7, 11) is 1.77. The van der Waals surface area contributed by atoms with Crippen LogP contribution in [0.25, 0.3) is 0 Å². The second-order valence-corrected chi connectivity index (χ2v) is 6.69. The van der Waals surface area contributed by atoms with E-state index in [-0.39, 0.29) is 17.9 Å². The summed E-state index contributed by atoms with van der Waals surface area (Å²) >= 11 is 0. The molecule has 26 heavy (non-hydrogen) atoms. The molecule has 0 saturated carbocycles. The number of carbonyl (C=O) groups is 3. The van der Waals surface area contributed by atoms with Crippen LogP contribution in [-0.2, 0) is 27.2 Å². The Morgan fingerprint density at radius 2 is 1.85 bits per heavy atom. The van der Waals surface area contributed by atoms with E-state index >= 15 is 0 Å². The first kappa shape index (κ1) is 18.2. The number of rotatable bonds is 3. The zero-order valence-corrected chi connectivity index (χ0v) is 15.4. The molecule has 0 spiro atoms. The molecule has 2 aliphatic heterocycles. The van der Waals surface area contributed by atoms with Gasteiger partial charge in [-0.25, -0.2) is 4.79 Å². The van der Waals surface area contributed by atoms with E-state index in [2.05, 4.69) is 0 Å². The number of benzene rings is 1. The Morgan fingerprint density at radius 3 is 2.62 bits per heavy atom. The van der Waals surface area contributed by atoms with Crippen LogP contribution in [-0.4, -0.2) is 67.5 Å². The molecule has 0 atom stereocenters. The second kappa shape index (κ2) is 7.76. The SMILES string of the molecule is CCOC(=O)N1CCCN(C(=O)Cc2ccc3c(c2)CC(=O)N3C)CC1. The fourth-order valence-corrected chi connectivity index (χ4v) is 3.48. The number of amides is 3. The van der Waals surface area contributed by atoms with Crippen molar-refractivity contribution in [2.24, 2.45) is 0 Å². The minimum absolute atomic E-state index is 0.0494. The summed E-state index contributed by atoms with van der Waals surface area (Å²) in [5, 5.41) is 0. The molecule has 1 aromatic rings. The fourth-order valence-electron chi connectivity index (χ4n) is 3.48. The first-order valence-electron chi connectivity index (χ1n) is 9.07. The van der Waals surface area contributed by atoms with Crippen LogP contribution in [0.3, 0.4) is 0 Å². The van der Waals surface area contributed by atoms with Crippen molar-refractivity contribution < 1.29 is 19.1 Å². The van der Waals surface area contributed by atoms with Crippen LogP contribution in [0.5, 0.6) is 0 Å². The van der Waals surface area contributed by atoms with Gasteiger partial charge in [0.2, 0.25) is 11.8 Å². The summed E-state index contributed by atoms with van der Waals surface area (Å²) in [6.07, 6.45) is 1.14. The zero-order chi connectivity index (χ0) is 18.7. The average Bonchev–Trinajstić information content (AvgIpc) is 2.80. The lowest BCUT2D eigenvalue weighted by atomic mass is 10.1. The van der Waals surface area contributed by atoms with Gasteiger partial charge in [0.25, 0.3) is 0 Å². The largest absolute Gasteiger partial charge is 0.450 e. The van der Waals surface area contributed by atoms with Crippen molar-refractivity contribution in [1.82, 2.24) is 9.80 Å². The predicted molar refractivity (Wildman–Crippen MR) is 97.1 cm³/mol. The molecule has 2 aliphatic rings. The van der Waals surface area contributed by atoms with Crippen LogP contribution in [0, 0.1) is 0 Å². The highest BCUT2D eigenvalue weighted by atomic mass is 16.6. The molecular weight excluding hydrogens is 334 g/mol. The molecule has 0 radical (unpaired) electrons. The van der Waals surface area contributed by atoms with Crippen molar-refractivity contribution in [3.8, 4) is 0 Å². The molecule has 0 N–H and O–H groups in total. The first-order chi connectivity index (χ1) is 12.5. The number of hydrogen-bond donors (Lipinski definition) is 0. The lowest BCUT2D eigenvalue weighted by molar-refractivity contribution is -0.130. The normalized spacial score (nSPS) is 17.2. The van der Waals surface area contributed by atoms with Crippen LogP contribution in [0.2, 0.25) is 0 Å². The molecule has 1 saturated heterocycles. The summed E-state index contributed by atoms with van der Waals surface area (Å²) in [5.41, 5.74) is 2.82. The maximum Gasteiger partial charge on any atom is 0.409 e. The van der Waals surface area contributed by atoms with E-state index < -0.39 is 0 Å². The Balaban J connectivity index is 1.60. The number of ether oxygens (including phenoxy) is 1. The molecule has 3 amide bonds. The van der Waals surface area contributed by atoms with Gasteiger partial charge in [-0.1, -0.05) is 12.1 Å². The molecule has 1 aromatic carbocycles. The molecule has 2 heterocycles. The molecule has 0 aromatic heterocycles. The van der Waals surface area contributed by atoms with E-state index in [1.807, 2.05) is 23.1 Å². The van der Waals surface area contributed by atoms with Crippen molar-refractivity contribution in [3.05, 3.63) is 29.3 Å². The van der Waals surface area contributed by atoms with Gasteiger partial charge in [-0.15, -0.1) is 0 Å². The topological polar surface area (TPSA) is 70.2 Å². The van der Waals surface area contributed by atoms with Gasteiger partial charge in [0.1, 0.15) is 0 Å². The Labute approximate surface area is 153 Å². The molecule has 1 fully saturated rings. The Bertz CT molecular complexity index is 719. The quantitative estimate of drug-likeness (QED) is 0.819. The van der Waals surface area contributed by atoms with E-state index in [0.717, 1.165) is 23.2 Å². The minimum atomic E-state index is -0.311. The number of nitrogens with zero attached hydrogens (tertiary/aromatic N) is 3. The summed E-state index contributed by atoms with van der Waals surface area (Å²) < 4.78 is 5.04. The van der Waals surface area contributed by atoms with Crippen molar-refractivity contribution >= 4 is 23.6 Å². The van der Waals surface area contributed by atoms with E-state index in [9.17, 15) is 14.4 Å². The van der Waals surface area contributed by atoms with Gasteiger partial charge in [0, 0.05) is 38.9 Å². The van der Waals surface area contributed by atoms with Crippen molar-refractivity contribution in [2.75, 3.05) is 44.7 Å².